The van der Waals surface area contributed by atoms with E-state index in [0.29, 0.717) is 0 Å². The second kappa shape index (κ2) is 9.28. The van der Waals surface area contributed by atoms with Crippen molar-refractivity contribution in [3.8, 4) is 10.6 Å². The van der Waals surface area contributed by atoms with Crippen LogP contribution in [0.5, 0.6) is 0 Å². The van der Waals surface area contributed by atoms with Crippen LogP contribution in [-0.4, -0.2) is 4.98 Å². The van der Waals surface area contributed by atoms with E-state index in [1.807, 2.05) is 17.4 Å². The molecule has 0 unspecified atom stereocenters. The number of thiazole rings is 1. The van der Waals surface area contributed by atoms with Gasteiger partial charge >= 0.3 is 0 Å². The van der Waals surface area contributed by atoms with Gasteiger partial charge in [-0.1, -0.05) is 72.8 Å². The molecule has 0 aliphatic carbocycles. The summed E-state index contributed by atoms with van der Waals surface area (Å²) in [5, 5.41) is 5.71. The van der Waals surface area contributed by atoms with E-state index < -0.39 is 0 Å². The summed E-state index contributed by atoms with van der Waals surface area (Å²) in [5.74, 6) is 0. The van der Waals surface area contributed by atoms with Gasteiger partial charge in [-0.05, 0) is 60.7 Å². The SMILES string of the molecule is c1ccc(-c2nc3c(ccc4oc5ccc(N(c6ccccc6)c6cccc7sc8ccccc8c67)cc5c43)s2)cc1. The van der Waals surface area contributed by atoms with Crippen LogP contribution in [0.25, 0.3) is 62.9 Å². The molecule has 9 rings (SSSR count). The van der Waals surface area contributed by atoms with Crippen LogP contribution < -0.4 is 4.90 Å². The predicted molar refractivity (Wildman–Crippen MR) is 180 cm³/mol. The molecule has 6 aromatic carbocycles. The Balaban J connectivity index is 1.31. The van der Waals surface area contributed by atoms with Crippen molar-refractivity contribution in [2.45, 2.75) is 0 Å². The lowest BCUT2D eigenvalue weighted by Crippen LogP contribution is -2.10. The number of nitrogens with zero attached hydrogens (tertiary/aromatic N) is 2. The minimum Gasteiger partial charge on any atom is -0.456 e. The largest absolute Gasteiger partial charge is 0.456 e. The third-order valence-corrected chi connectivity index (χ3v) is 10.1. The van der Waals surface area contributed by atoms with Gasteiger partial charge in [0.15, 0.2) is 0 Å². The minimum atomic E-state index is 0.858. The summed E-state index contributed by atoms with van der Waals surface area (Å²) >= 11 is 3.57. The second-order valence-corrected chi connectivity index (χ2v) is 12.5. The maximum atomic E-state index is 6.38. The lowest BCUT2D eigenvalue weighted by molar-refractivity contribution is 0.669. The number of anilines is 3. The Kier molecular flexibility index (Phi) is 5.24. The molecule has 0 saturated carbocycles. The van der Waals surface area contributed by atoms with Crippen LogP contribution in [0, 0.1) is 0 Å². The van der Waals surface area contributed by atoms with Crippen molar-refractivity contribution in [3.63, 3.8) is 0 Å². The minimum absolute atomic E-state index is 0.858. The summed E-state index contributed by atoms with van der Waals surface area (Å²) in [4.78, 5) is 7.51. The van der Waals surface area contributed by atoms with E-state index >= 15 is 0 Å². The highest BCUT2D eigenvalue weighted by molar-refractivity contribution is 7.26. The lowest BCUT2D eigenvalue weighted by atomic mass is 10.1. The van der Waals surface area contributed by atoms with E-state index in [1.165, 1.54) is 20.2 Å². The van der Waals surface area contributed by atoms with Crippen molar-refractivity contribution in [2.24, 2.45) is 0 Å². The number of thiophene rings is 1. The topological polar surface area (TPSA) is 29.3 Å². The van der Waals surface area contributed by atoms with Crippen molar-refractivity contribution in [3.05, 3.63) is 133 Å². The van der Waals surface area contributed by atoms with E-state index in [1.54, 1.807) is 11.3 Å². The van der Waals surface area contributed by atoms with Crippen molar-refractivity contribution in [2.75, 3.05) is 4.90 Å². The highest BCUT2D eigenvalue weighted by Crippen LogP contribution is 2.46. The van der Waals surface area contributed by atoms with Crippen LogP contribution in [0.1, 0.15) is 0 Å². The van der Waals surface area contributed by atoms with E-state index in [4.69, 9.17) is 9.40 Å². The molecule has 5 heteroatoms. The van der Waals surface area contributed by atoms with E-state index in [0.717, 1.165) is 59.8 Å². The zero-order valence-corrected chi connectivity index (χ0v) is 24.0. The first-order valence-corrected chi connectivity index (χ1v) is 15.5. The number of hydrogen-bond acceptors (Lipinski definition) is 5. The molecule has 0 aliphatic heterocycles. The highest BCUT2D eigenvalue weighted by Gasteiger charge is 2.21. The van der Waals surface area contributed by atoms with Crippen molar-refractivity contribution in [1.29, 1.82) is 0 Å². The van der Waals surface area contributed by atoms with Gasteiger partial charge in [-0.15, -0.1) is 22.7 Å². The van der Waals surface area contributed by atoms with Gasteiger partial charge in [-0.25, -0.2) is 4.98 Å². The Morgan fingerprint density at radius 2 is 1.29 bits per heavy atom. The van der Waals surface area contributed by atoms with Crippen molar-refractivity contribution in [1.82, 2.24) is 4.98 Å². The molecule has 0 fully saturated rings. The van der Waals surface area contributed by atoms with E-state index in [-0.39, 0.29) is 0 Å². The first kappa shape index (κ1) is 23.7. The zero-order valence-electron chi connectivity index (χ0n) is 22.3. The summed E-state index contributed by atoms with van der Waals surface area (Å²) in [7, 11) is 0. The molecule has 0 aliphatic rings. The molecule has 0 atom stereocenters. The fraction of sp³-hybridized carbons (Fsp3) is 0. The maximum absolute atomic E-state index is 6.38. The Labute approximate surface area is 249 Å². The summed E-state index contributed by atoms with van der Waals surface area (Å²) in [5.41, 5.74) is 7.19. The highest BCUT2D eigenvalue weighted by atomic mass is 32.1. The van der Waals surface area contributed by atoms with Gasteiger partial charge in [-0.2, -0.15) is 0 Å². The van der Waals surface area contributed by atoms with Crippen LogP contribution in [0.15, 0.2) is 138 Å². The molecule has 0 N–H and O–H groups in total. The van der Waals surface area contributed by atoms with Crippen LogP contribution in [0.4, 0.5) is 17.1 Å². The first-order chi connectivity index (χ1) is 20.8. The molecule has 0 bridgehead atoms. The van der Waals surface area contributed by atoms with Gasteiger partial charge in [0.25, 0.3) is 0 Å². The van der Waals surface area contributed by atoms with Gasteiger partial charge in [0.1, 0.15) is 16.2 Å². The van der Waals surface area contributed by atoms with Crippen LogP contribution >= 0.6 is 22.7 Å². The molecular formula is C37H22N2OS2. The quantitative estimate of drug-likeness (QED) is 0.209. The van der Waals surface area contributed by atoms with E-state index in [9.17, 15) is 0 Å². The number of benzene rings is 6. The van der Waals surface area contributed by atoms with Gasteiger partial charge in [0, 0.05) is 42.5 Å². The standard InChI is InChI=1S/C37H22N2OS2/c1-3-10-23(11-4-1)37-38-36-33(42-37)21-20-30-35(36)27-22-25(18-19-29(27)40-30)39(24-12-5-2-6-13-24)28-15-9-17-32-34(28)26-14-7-8-16-31(26)41-32/h1-22H. The molecule has 3 heterocycles. The third-order valence-electron chi connectivity index (χ3n) is 7.89. The summed E-state index contributed by atoms with van der Waals surface area (Å²) in [6.07, 6.45) is 0. The van der Waals surface area contributed by atoms with Gasteiger partial charge in [0.05, 0.1) is 21.3 Å². The Morgan fingerprint density at radius 1 is 0.524 bits per heavy atom. The Hall–Kier alpha value is -4.97. The monoisotopic (exact) mass is 574 g/mol. The summed E-state index contributed by atoms with van der Waals surface area (Å²) in [6.45, 7) is 0. The van der Waals surface area contributed by atoms with Crippen LogP contribution in [0.3, 0.4) is 0 Å². The molecule has 42 heavy (non-hydrogen) atoms. The number of fused-ring (bicyclic) bond motifs is 8. The van der Waals surface area contributed by atoms with Gasteiger partial charge in [-0.3, -0.25) is 0 Å². The average molecular weight is 575 g/mol. The van der Waals surface area contributed by atoms with Crippen molar-refractivity contribution < 1.29 is 4.42 Å². The Bertz CT molecular complexity index is 2420. The van der Waals surface area contributed by atoms with Crippen LogP contribution in [-0.2, 0) is 0 Å². The zero-order chi connectivity index (χ0) is 27.6. The molecule has 3 aromatic heterocycles. The average Bonchev–Trinajstić information content (AvgIpc) is 3.75. The molecule has 0 spiro atoms. The molecule has 198 valence electrons. The van der Waals surface area contributed by atoms with E-state index in [2.05, 4.69) is 132 Å². The smallest absolute Gasteiger partial charge is 0.137 e. The second-order valence-electron chi connectivity index (χ2n) is 10.4. The number of furan rings is 1. The lowest BCUT2D eigenvalue weighted by Gasteiger charge is -2.26. The summed E-state index contributed by atoms with van der Waals surface area (Å²) < 4.78 is 10.1. The van der Waals surface area contributed by atoms with Gasteiger partial charge < -0.3 is 9.32 Å². The normalized spacial score (nSPS) is 11.8. The maximum Gasteiger partial charge on any atom is 0.137 e. The number of hydrogen-bond donors (Lipinski definition) is 0. The fourth-order valence-electron chi connectivity index (χ4n) is 6.03. The number of para-hydroxylation sites is 1. The molecule has 0 saturated heterocycles. The molecule has 3 nitrogen and oxygen atoms in total. The fourth-order valence-corrected chi connectivity index (χ4v) is 8.14. The molecule has 0 amide bonds. The number of rotatable bonds is 4. The Morgan fingerprint density at radius 3 is 2.17 bits per heavy atom. The number of aromatic nitrogens is 1. The summed E-state index contributed by atoms with van der Waals surface area (Å²) in [6, 6.07) is 47.1. The van der Waals surface area contributed by atoms with Crippen molar-refractivity contribution >= 4 is 92.1 Å². The molecule has 0 radical (unpaired) electrons. The van der Waals surface area contributed by atoms with Crippen LogP contribution in [0.2, 0.25) is 0 Å². The predicted octanol–water partition coefficient (Wildman–Crippen LogP) is 11.7. The third kappa shape index (κ3) is 3.61. The molecule has 9 aromatic rings. The molecular weight excluding hydrogens is 553 g/mol. The van der Waals surface area contributed by atoms with Gasteiger partial charge in [0.2, 0.25) is 0 Å². The first-order valence-electron chi connectivity index (χ1n) is 13.9.